The molecule has 2 aromatic rings. The molecular formula is C18H19FN3O5P. The van der Waals surface area contributed by atoms with Crippen LogP contribution in [0.15, 0.2) is 46.1 Å². The third-order valence-electron chi connectivity index (χ3n) is 5.20. The molecule has 3 aliphatic rings. The number of nitrogens with zero attached hydrogens (tertiary/aromatic N) is 2. The van der Waals surface area contributed by atoms with Crippen molar-refractivity contribution in [3.63, 3.8) is 0 Å². The van der Waals surface area contributed by atoms with E-state index in [2.05, 4.69) is 15.7 Å². The number of rotatable bonds is 3. The summed E-state index contributed by atoms with van der Waals surface area (Å²) in [7, 11) is -1.56. The number of ether oxygens (including phenoxy) is 1. The Morgan fingerprint density at radius 2 is 2.21 bits per heavy atom. The zero-order valence-corrected chi connectivity index (χ0v) is 15.6. The van der Waals surface area contributed by atoms with E-state index in [0.717, 1.165) is 22.7 Å². The van der Waals surface area contributed by atoms with Crippen LogP contribution in [0.3, 0.4) is 0 Å². The van der Waals surface area contributed by atoms with Gasteiger partial charge in [-0.3, -0.25) is 14.3 Å². The summed E-state index contributed by atoms with van der Waals surface area (Å²) in [6.45, 7) is 0.252. The van der Waals surface area contributed by atoms with Crippen LogP contribution in [-0.2, 0) is 20.2 Å². The van der Waals surface area contributed by atoms with Gasteiger partial charge in [0.15, 0.2) is 12.4 Å². The van der Waals surface area contributed by atoms with Crippen LogP contribution in [0.25, 0.3) is 0 Å². The first-order valence-corrected chi connectivity index (χ1v) is 10.1. The normalized spacial score (nSPS) is 34.3. The van der Waals surface area contributed by atoms with E-state index in [-0.39, 0.29) is 12.9 Å². The third kappa shape index (κ3) is 2.81. The molecule has 5 rings (SSSR count). The largest absolute Gasteiger partial charge is 0.349 e. The second-order valence-electron chi connectivity index (χ2n) is 6.96. The predicted molar refractivity (Wildman–Crippen MR) is 100.0 cm³/mol. The van der Waals surface area contributed by atoms with E-state index in [9.17, 15) is 9.59 Å². The molecule has 4 unspecified atom stereocenters. The molecule has 2 saturated heterocycles. The lowest BCUT2D eigenvalue weighted by molar-refractivity contribution is -0.0175. The molecule has 0 radical (unpaired) electrons. The zero-order chi connectivity index (χ0) is 20.1. The maximum atomic E-state index is 15.3. The van der Waals surface area contributed by atoms with Crippen LogP contribution >= 0.6 is 8.53 Å². The molecule has 1 aromatic carbocycles. The molecular weight excluding hydrogens is 388 g/mol. The van der Waals surface area contributed by atoms with E-state index in [1.54, 1.807) is 0 Å². The number of aromatic amines is 1. The quantitative estimate of drug-likeness (QED) is 0.781. The van der Waals surface area contributed by atoms with Gasteiger partial charge in [0.25, 0.3) is 14.1 Å². The van der Waals surface area contributed by atoms with Gasteiger partial charge >= 0.3 is 5.69 Å². The van der Waals surface area contributed by atoms with Crippen LogP contribution < -0.4 is 15.9 Å². The van der Waals surface area contributed by atoms with Crippen LogP contribution in [0.1, 0.15) is 20.1 Å². The summed E-state index contributed by atoms with van der Waals surface area (Å²) in [4.78, 5) is 25.4. The van der Waals surface area contributed by atoms with E-state index in [1.165, 1.54) is 11.8 Å². The van der Waals surface area contributed by atoms with E-state index in [1.807, 2.05) is 18.2 Å². The second kappa shape index (κ2) is 6.77. The minimum absolute atomic E-state index is 0.144. The smallest absolute Gasteiger partial charge is 0.330 e. The zero-order valence-electron chi connectivity index (χ0n) is 15.7. The number of aromatic nitrogens is 2. The second-order valence-corrected chi connectivity index (χ2v) is 8.34. The minimum Gasteiger partial charge on any atom is -0.349 e. The predicted octanol–water partition coefficient (Wildman–Crippen LogP) is 1.87. The first kappa shape index (κ1) is 16.9. The molecule has 148 valence electrons. The van der Waals surface area contributed by atoms with Gasteiger partial charge in [-0.1, -0.05) is 18.2 Å². The van der Waals surface area contributed by atoms with Crippen molar-refractivity contribution in [3.8, 4) is 0 Å². The van der Waals surface area contributed by atoms with Gasteiger partial charge in [0.1, 0.15) is 6.10 Å². The number of hydrogen-bond donors (Lipinski definition) is 1. The Morgan fingerprint density at radius 3 is 3.04 bits per heavy atom. The molecule has 2 fully saturated rings. The van der Waals surface area contributed by atoms with Crippen molar-refractivity contribution in [2.45, 2.75) is 44.0 Å². The lowest BCUT2D eigenvalue weighted by Crippen LogP contribution is -2.36. The summed E-state index contributed by atoms with van der Waals surface area (Å²) in [6, 6.07) is 9.24. The summed E-state index contributed by atoms with van der Waals surface area (Å²) < 4.78 is 43.6. The van der Waals surface area contributed by atoms with Crippen LogP contribution in [0.2, 0.25) is 0 Å². The Labute approximate surface area is 162 Å². The standard InChI is InChI=1S/C18H19FN3O5P/c1-10-16(15(19)17(26-10)21-7-6-14(23)20-18(21)24)27-28-22-12(9-25-28)8-11-4-2-3-5-13(11)22/h2-7,10,12,15-17H,8-9H2,1H3,(H,20,23,24)/t10?,12-,15?,16?,17?,28+/m0/s1/i1D. The Hall–Kier alpha value is -2.06. The number of nitrogens with one attached hydrogen (secondary N) is 1. The molecule has 0 saturated carbocycles. The van der Waals surface area contributed by atoms with Crippen molar-refractivity contribution in [2.75, 3.05) is 11.3 Å². The van der Waals surface area contributed by atoms with E-state index < -0.39 is 44.4 Å². The van der Waals surface area contributed by atoms with Crippen molar-refractivity contribution in [1.29, 1.82) is 0 Å². The number of anilines is 1. The van der Waals surface area contributed by atoms with Crippen LogP contribution in [-0.4, -0.2) is 40.6 Å². The van der Waals surface area contributed by atoms with Crippen molar-refractivity contribution < 1.29 is 19.5 Å². The van der Waals surface area contributed by atoms with Gasteiger partial charge in [-0.15, -0.1) is 0 Å². The summed E-state index contributed by atoms with van der Waals surface area (Å²) in [6.07, 6.45) is -2.87. The fourth-order valence-corrected chi connectivity index (χ4v) is 5.70. The number of para-hydroxylation sites is 1. The summed E-state index contributed by atoms with van der Waals surface area (Å²) in [5, 5.41) is 0. The minimum atomic E-state index is -1.70. The highest BCUT2D eigenvalue weighted by Crippen LogP contribution is 2.58. The van der Waals surface area contributed by atoms with E-state index in [4.69, 9.17) is 15.2 Å². The topological polar surface area (TPSA) is 85.8 Å². The van der Waals surface area contributed by atoms with Crippen LogP contribution in [0, 0.1) is 0 Å². The van der Waals surface area contributed by atoms with Crippen molar-refractivity contribution in [1.82, 2.24) is 9.55 Å². The number of H-pyrrole nitrogens is 1. The van der Waals surface area contributed by atoms with Gasteiger partial charge in [-0.25, -0.2) is 9.18 Å². The maximum Gasteiger partial charge on any atom is 0.330 e. The van der Waals surface area contributed by atoms with Gasteiger partial charge < -0.3 is 18.5 Å². The highest BCUT2D eigenvalue weighted by atomic mass is 31.2. The first-order chi connectivity index (χ1) is 14.1. The molecule has 0 bridgehead atoms. The van der Waals surface area contributed by atoms with Gasteiger partial charge in [-0.05, 0) is 25.0 Å². The number of halogens is 1. The van der Waals surface area contributed by atoms with Gasteiger partial charge in [-0.2, -0.15) is 0 Å². The molecule has 1 N–H and O–H groups in total. The molecule has 1 aromatic heterocycles. The molecule has 6 atom stereocenters. The maximum absolute atomic E-state index is 15.3. The fraction of sp³-hybridized carbons (Fsp3) is 0.444. The first-order valence-electron chi connectivity index (χ1n) is 9.64. The Kier molecular flexibility index (Phi) is 4.08. The van der Waals surface area contributed by atoms with Crippen molar-refractivity contribution >= 4 is 14.2 Å². The number of benzene rings is 1. The fourth-order valence-electron chi connectivity index (χ4n) is 3.86. The molecule has 28 heavy (non-hydrogen) atoms. The summed E-state index contributed by atoms with van der Waals surface area (Å²) >= 11 is 0. The van der Waals surface area contributed by atoms with Gasteiger partial charge in [0.05, 0.1) is 18.8 Å². The average molecular weight is 408 g/mol. The molecule has 0 spiro atoms. The molecule has 0 aliphatic carbocycles. The summed E-state index contributed by atoms with van der Waals surface area (Å²) in [5.74, 6) is 0. The van der Waals surface area contributed by atoms with Gasteiger partial charge in [0, 0.05) is 19.3 Å². The number of fused-ring (bicyclic) bond motifs is 3. The molecule has 10 heteroatoms. The Morgan fingerprint density at radius 1 is 1.36 bits per heavy atom. The van der Waals surface area contributed by atoms with Crippen LogP contribution in [0.5, 0.6) is 0 Å². The lowest BCUT2D eigenvalue weighted by Gasteiger charge is -2.27. The molecule has 0 amide bonds. The molecule has 3 aliphatic heterocycles. The SMILES string of the molecule is [2H]CC1OC(n2ccc(=O)[nH]c2=O)C(F)C1O[P@@]1OC[C@@H]2Cc3ccccc3N21. The van der Waals surface area contributed by atoms with Crippen molar-refractivity contribution in [3.05, 3.63) is 62.9 Å². The Balaban J connectivity index is 1.39. The summed E-state index contributed by atoms with van der Waals surface area (Å²) in [5.41, 5.74) is 0.870. The van der Waals surface area contributed by atoms with Crippen LogP contribution in [0.4, 0.5) is 10.1 Å². The monoisotopic (exact) mass is 408 g/mol. The van der Waals surface area contributed by atoms with E-state index in [0.29, 0.717) is 6.61 Å². The lowest BCUT2D eigenvalue weighted by atomic mass is 10.1. The van der Waals surface area contributed by atoms with Gasteiger partial charge in [0.2, 0.25) is 0 Å². The number of hydrogen-bond acceptors (Lipinski definition) is 6. The molecule has 4 heterocycles. The highest BCUT2D eigenvalue weighted by Gasteiger charge is 2.50. The third-order valence-corrected chi connectivity index (χ3v) is 6.88. The average Bonchev–Trinajstić information content (AvgIpc) is 3.36. The Bertz CT molecular complexity index is 1030. The highest BCUT2D eigenvalue weighted by molar-refractivity contribution is 7.49. The number of alkyl halides is 1. The molecule has 8 nitrogen and oxygen atoms in total. The van der Waals surface area contributed by atoms with E-state index >= 15 is 4.39 Å². The van der Waals surface area contributed by atoms with Crippen molar-refractivity contribution in [2.24, 2.45) is 0 Å².